The number of hydrogen-bond acceptors (Lipinski definition) is 4. The number of hydrogen-bond donors (Lipinski definition) is 2. The molecule has 0 aromatic heterocycles. The van der Waals surface area contributed by atoms with Crippen molar-refractivity contribution in [3.05, 3.63) is 28.2 Å². The average Bonchev–Trinajstić information content (AvgIpc) is 2.38. The fourth-order valence-electron chi connectivity index (χ4n) is 1.33. The standard InChI is InChI=1S/C13H17BrN2O3/c1-3-8(2)16-12(17)7-19-13(18)10-6-9(14)4-5-11(10)15/h4-6,8H,3,7,15H2,1-2H3,(H,16,17)/t8-/m0/s1. The molecule has 1 atom stereocenters. The van der Waals surface area contributed by atoms with Gasteiger partial charge in [0.25, 0.3) is 5.91 Å². The van der Waals surface area contributed by atoms with Crippen LogP contribution in [0.1, 0.15) is 30.6 Å². The van der Waals surface area contributed by atoms with Crippen molar-refractivity contribution >= 4 is 33.5 Å². The minimum atomic E-state index is -0.613. The molecule has 104 valence electrons. The normalized spacial score (nSPS) is 11.7. The van der Waals surface area contributed by atoms with Crippen molar-refractivity contribution in [2.75, 3.05) is 12.3 Å². The second-order valence-corrected chi connectivity index (χ2v) is 5.10. The lowest BCUT2D eigenvalue weighted by molar-refractivity contribution is -0.124. The minimum Gasteiger partial charge on any atom is -0.452 e. The molecule has 0 radical (unpaired) electrons. The fourth-order valence-corrected chi connectivity index (χ4v) is 1.69. The highest BCUT2D eigenvalue weighted by molar-refractivity contribution is 9.10. The van der Waals surface area contributed by atoms with Gasteiger partial charge in [0.1, 0.15) is 0 Å². The molecule has 5 nitrogen and oxygen atoms in total. The second-order valence-electron chi connectivity index (χ2n) is 4.18. The van der Waals surface area contributed by atoms with Crippen LogP contribution in [-0.2, 0) is 9.53 Å². The predicted octanol–water partition coefficient (Wildman–Crippen LogP) is 2.10. The predicted molar refractivity (Wildman–Crippen MR) is 76.7 cm³/mol. The molecule has 6 heteroatoms. The van der Waals surface area contributed by atoms with Crippen LogP contribution in [0.5, 0.6) is 0 Å². The molecule has 3 N–H and O–H groups in total. The number of carbonyl (C=O) groups excluding carboxylic acids is 2. The topological polar surface area (TPSA) is 81.4 Å². The highest BCUT2D eigenvalue weighted by atomic mass is 79.9. The Kier molecular flexibility index (Phi) is 5.82. The number of anilines is 1. The van der Waals surface area contributed by atoms with Crippen molar-refractivity contribution < 1.29 is 14.3 Å². The molecule has 0 spiro atoms. The summed E-state index contributed by atoms with van der Waals surface area (Å²) in [6.45, 7) is 3.53. The van der Waals surface area contributed by atoms with E-state index in [1.165, 1.54) is 0 Å². The van der Waals surface area contributed by atoms with Crippen molar-refractivity contribution in [1.29, 1.82) is 0 Å². The van der Waals surface area contributed by atoms with Gasteiger partial charge in [0.2, 0.25) is 0 Å². The summed E-state index contributed by atoms with van der Waals surface area (Å²) in [7, 11) is 0. The van der Waals surface area contributed by atoms with Crippen LogP contribution in [0.4, 0.5) is 5.69 Å². The number of esters is 1. The highest BCUT2D eigenvalue weighted by Crippen LogP contribution is 2.19. The van der Waals surface area contributed by atoms with E-state index in [1.54, 1.807) is 18.2 Å². The molecule has 1 aromatic carbocycles. The lowest BCUT2D eigenvalue weighted by Crippen LogP contribution is -2.35. The van der Waals surface area contributed by atoms with Crippen LogP contribution in [-0.4, -0.2) is 24.5 Å². The van der Waals surface area contributed by atoms with Crippen LogP contribution in [0, 0.1) is 0 Å². The van der Waals surface area contributed by atoms with Gasteiger partial charge < -0.3 is 15.8 Å². The lowest BCUT2D eigenvalue weighted by atomic mass is 10.2. The first-order valence-electron chi connectivity index (χ1n) is 5.95. The van der Waals surface area contributed by atoms with Crippen molar-refractivity contribution in [3.63, 3.8) is 0 Å². The Hall–Kier alpha value is -1.56. The summed E-state index contributed by atoms with van der Waals surface area (Å²) in [5, 5.41) is 2.71. The quantitative estimate of drug-likeness (QED) is 0.640. The largest absolute Gasteiger partial charge is 0.452 e. The highest BCUT2D eigenvalue weighted by Gasteiger charge is 2.14. The van der Waals surface area contributed by atoms with Crippen LogP contribution in [0.3, 0.4) is 0 Å². The maximum atomic E-state index is 11.8. The van der Waals surface area contributed by atoms with Crippen LogP contribution >= 0.6 is 15.9 Å². The first kappa shape index (κ1) is 15.5. The Morgan fingerprint density at radius 3 is 2.79 bits per heavy atom. The van der Waals surface area contributed by atoms with E-state index in [0.717, 1.165) is 10.9 Å². The molecule has 0 aliphatic rings. The summed E-state index contributed by atoms with van der Waals surface area (Å²) in [6, 6.07) is 4.94. The monoisotopic (exact) mass is 328 g/mol. The van der Waals surface area contributed by atoms with E-state index in [-0.39, 0.29) is 24.1 Å². The summed E-state index contributed by atoms with van der Waals surface area (Å²) in [5.41, 5.74) is 6.23. The second kappa shape index (κ2) is 7.13. The van der Waals surface area contributed by atoms with Gasteiger partial charge in [-0.1, -0.05) is 22.9 Å². The lowest BCUT2D eigenvalue weighted by Gasteiger charge is -2.12. The van der Waals surface area contributed by atoms with Gasteiger partial charge in [0.05, 0.1) is 5.56 Å². The third-order valence-electron chi connectivity index (χ3n) is 2.59. The molecule has 19 heavy (non-hydrogen) atoms. The number of rotatable bonds is 5. The molecule has 0 bridgehead atoms. The number of nitrogen functional groups attached to an aromatic ring is 1. The van der Waals surface area contributed by atoms with Gasteiger partial charge in [-0.15, -0.1) is 0 Å². The van der Waals surface area contributed by atoms with Gasteiger partial charge in [-0.3, -0.25) is 4.79 Å². The first-order valence-corrected chi connectivity index (χ1v) is 6.74. The zero-order valence-corrected chi connectivity index (χ0v) is 12.5. The van der Waals surface area contributed by atoms with Crippen molar-refractivity contribution in [3.8, 4) is 0 Å². The van der Waals surface area contributed by atoms with Gasteiger partial charge in [0.15, 0.2) is 6.61 Å². The van der Waals surface area contributed by atoms with Crippen LogP contribution in [0.15, 0.2) is 22.7 Å². The van der Waals surface area contributed by atoms with Crippen molar-refractivity contribution in [2.24, 2.45) is 0 Å². The molecule has 1 amide bonds. The zero-order valence-electron chi connectivity index (χ0n) is 10.9. The van der Waals surface area contributed by atoms with Crippen molar-refractivity contribution in [2.45, 2.75) is 26.3 Å². The summed E-state index contributed by atoms with van der Waals surface area (Å²) in [4.78, 5) is 23.2. The Morgan fingerprint density at radius 1 is 1.47 bits per heavy atom. The van der Waals surface area contributed by atoms with Gasteiger partial charge in [-0.2, -0.15) is 0 Å². The third kappa shape index (κ3) is 4.90. The van der Waals surface area contributed by atoms with Crippen LogP contribution in [0.25, 0.3) is 0 Å². The van der Waals surface area contributed by atoms with E-state index < -0.39 is 5.97 Å². The van der Waals surface area contributed by atoms with E-state index in [9.17, 15) is 9.59 Å². The van der Waals surface area contributed by atoms with E-state index >= 15 is 0 Å². The molecule has 0 saturated carbocycles. The average molecular weight is 329 g/mol. The summed E-state index contributed by atoms with van der Waals surface area (Å²) >= 11 is 3.24. The number of carbonyl (C=O) groups is 2. The molecule has 0 saturated heterocycles. The molecule has 1 aromatic rings. The number of nitrogens with two attached hydrogens (primary N) is 1. The summed E-state index contributed by atoms with van der Waals surface area (Å²) in [5.74, 6) is -0.936. The van der Waals surface area contributed by atoms with E-state index in [4.69, 9.17) is 10.5 Å². The van der Waals surface area contributed by atoms with Gasteiger partial charge in [0, 0.05) is 16.2 Å². The van der Waals surface area contributed by atoms with Crippen LogP contribution < -0.4 is 11.1 Å². The molecule has 0 heterocycles. The number of nitrogens with one attached hydrogen (secondary N) is 1. The summed E-state index contributed by atoms with van der Waals surface area (Å²) < 4.78 is 5.64. The maximum absolute atomic E-state index is 11.8. The Morgan fingerprint density at radius 2 is 2.16 bits per heavy atom. The molecule has 1 rings (SSSR count). The molecule has 0 fully saturated rings. The molecule has 0 aliphatic heterocycles. The molecule has 0 unspecified atom stereocenters. The van der Waals surface area contributed by atoms with E-state index in [1.807, 2.05) is 13.8 Å². The van der Waals surface area contributed by atoms with Crippen LogP contribution in [0.2, 0.25) is 0 Å². The molecular weight excluding hydrogens is 312 g/mol. The van der Waals surface area contributed by atoms with E-state index in [2.05, 4.69) is 21.2 Å². The SMILES string of the molecule is CC[C@H](C)NC(=O)COC(=O)c1cc(Br)ccc1N. The van der Waals surface area contributed by atoms with Gasteiger partial charge in [-0.25, -0.2) is 4.79 Å². The summed E-state index contributed by atoms with van der Waals surface area (Å²) in [6.07, 6.45) is 0.818. The Bertz CT molecular complexity index is 477. The fraction of sp³-hybridized carbons (Fsp3) is 0.385. The smallest absolute Gasteiger partial charge is 0.340 e. The van der Waals surface area contributed by atoms with Gasteiger partial charge >= 0.3 is 5.97 Å². The Balaban J connectivity index is 2.56. The number of halogens is 1. The Labute approximate surface area is 120 Å². The van der Waals surface area contributed by atoms with Gasteiger partial charge in [-0.05, 0) is 31.5 Å². The van der Waals surface area contributed by atoms with Crippen molar-refractivity contribution in [1.82, 2.24) is 5.32 Å². The number of benzene rings is 1. The molecular formula is C13H17BrN2O3. The molecule has 0 aliphatic carbocycles. The third-order valence-corrected chi connectivity index (χ3v) is 3.08. The zero-order chi connectivity index (χ0) is 14.4. The first-order chi connectivity index (χ1) is 8.93. The number of amides is 1. The van der Waals surface area contributed by atoms with E-state index in [0.29, 0.717) is 5.69 Å². The number of ether oxygens (including phenoxy) is 1. The minimum absolute atomic E-state index is 0.0575. The maximum Gasteiger partial charge on any atom is 0.340 e.